The Morgan fingerprint density at radius 2 is 1.70 bits per heavy atom. The van der Waals surface area contributed by atoms with Crippen LogP contribution in [0.3, 0.4) is 0 Å². The van der Waals surface area contributed by atoms with Crippen molar-refractivity contribution in [3.8, 4) is 0 Å². The molecule has 4 rings (SSSR count). The Balaban J connectivity index is 2.05. The summed E-state index contributed by atoms with van der Waals surface area (Å²) in [6.45, 7) is 0. The Morgan fingerprint density at radius 1 is 0.950 bits per heavy atom. The zero-order valence-electron chi connectivity index (χ0n) is 11.0. The van der Waals surface area contributed by atoms with Crippen molar-refractivity contribution in [2.75, 3.05) is 0 Å². The Hall–Kier alpha value is -1.38. The Kier molecular flexibility index (Phi) is 2.83. The summed E-state index contributed by atoms with van der Waals surface area (Å²) in [5.74, 6) is 0. The molecule has 0 saturated carbocycles. The molecule has 0 radical (unpaired) electrons. The van der Waals surface area contributed by atoms with Gasteiger partial charge in [0.15, 0.2) is 0 Å². The number of benzene rings is 3. The van der Waals surface area contributed by atoms with Crippen LogP contribution < -0.4 is 0 Å². The van der Waals surface area contributed by atoms with Gasteiger partial charge in [0, 0.05) is 4.83 Å². The van der Waals surface area contributed by atoms with Crippen LogP contribution in [-0.4, -0.2) is 9.93 Å². The first kappa shape index (κ1) is 12.4. The summed E-state index contributed by atoms with van der Waals surface area (Å²) in [4.78, 5) is 0.174. The third-order valence-corrected chi connectivity index (χ3v) is 5.32. The fourth-order valence-corrected chi connectivity index (χ4v) is 3.80. The van der Waals surface area contributed by atoms with Gasteiger partial charge in [0.05, 0.1) is 6.10 Å². The number of alkyl halides is 1. The second kappa shape index (κ2) is 4.57. The summed E-state index contributed by atoms with van der Waals surface area (Å²) in [5.41, 5.74) is 2.40. The fourth-order valence-electron chi connectivity index (χ4n) is 3.28. The maximum Gasteiger partial charge on any atom is 0.0917 e. The maximum atomic E-state index is 10.4. The van der Waals surface area contributed by atoms with Gasteiger partial charge in [0.1, 0.15) is 0 Å². The molecule has 0 aliphatic heterocycles. The molecule has 0 amide bonds. The first-order chi connectivity index (χ1) is 9.74. The molecule has 0 saturated heterocycles. The van der Waals surface area contributed by atoms with E-state index in [0.717, 1.165) is 18.4 Å². The molecule has 100 valence electrons. The van der Waals surface area contributed by atoms with Gasteiger partial charge in [-0.3, -0.25) is 0 Å². The predicted molar refractivity (Wildman–Crippen MR) is 87.4 cm³/mol. The van der Waals surface area contributed by atoms with Crippen molar-refractivity contribution in [2.24, 2.45) is 0 Å². The SMILES string of the molecule is O[C@@H]1c2ccc3cc4ccccc4cc3c2CC[C@H]1Br. The second-order valence-corrected chi connectivity index (χ2v) is 6.73. The van der Waals surface area contributed by atoms with E-state index in [1.165, 1.54) is 27.1 Å². The zero-order valence-corrected chi connectivity index (χ0v) is 12.6. The van der Waals surface area contributed by atoms with Gasteiger partial charge in [-0.1, -0.05) is 52.3 Å². The molecular weight excluding hydrogens is 312 g/mol. The highest BCUT2D eigenvalue weighted by molar-refractivity contribution is 9.09. The van der Waals surface area contributed by atoms with E-state index >= 15 is 0 Å². The molecule has 0 aromatic heterocycles. The molecule has 1 aliphatic carbocycles. The van der Waals surface area contributed by atoms with Crippen LogP contribution in [0.1, 0.15) is 23.7 Å². The van der Waals surface area contributed by atoms with Gasteiger partial charge in [-0.15, -0.1) is 0 Å². The molecule has 20 heavy (non-hydrogen) atoms. The van der Waals surface area contributed by atoms with E-state index in [9.17, 15) is 5.11 Å². The highest BCUT2D eigenvalue weighted by atomic mass is 79.9. The molecule has 0 bridgehead atoms. The fraction of sp³-hybridized carbons (Fsp3) is 0.222. The Bertz CT molecular complexity index is 809. The average molecular weight is 327 g/mol. The van der Waals surface area contributed by atoms with E-state index in [2.05, 4.69) is 64.5 Å². The summed E-state index contributed by atoms with van der Waals surface area (Å²) >= 11 is 3.58. The van der Waals surface area contributed by atoms with Crippen molar-refractivity contribution in [1.82, 2.24) is 0 Å². The molecule has 1 aliphatic rings. The van der Waals surface area contributed by atoms with Gasteiger partial charge in [-0.2, -0.15) is 0 Å². The van der Waals surface area contributed by atoms with E-state index in [1.807, 2.05) is 0 Å². The van der Waals surface area contributed by atoms with Crippen LogP contribution in [0.25, 0.3) is 21.5 Å². The molecule has 1 N–H and O–H groups in total. The van der Waals surface area contributed by atoms with Gasteiger partial charge < -0.3 is 5.11 Å². The lowest BCUT2D eigenvalue weighted by molar-refractivity contribution is 0.166. The Labute approximate surface area is 126 Å². The summed E-state index contributed by atoms with van der Waals surface area (Å²) in [6, 6.07) is 17.2. The smallest absolute Gasteiger partial charge is 0.0917 e. The van der Waals surface area contributed by atoms with Crippen LogP contribution in [-0.2, 0) is 6.42 Å². The molecule has 3 aromatic carbocycles. The van der Waals surface area contributed by atoms with E-state index in [4.69, 9.17) is 0 Å². The largest absolute Gasteiger partial charge is 0.387 e. The molecule has 2 atom stereocenters. The van der Waals surface area contributed by atoms with Gasteiger partial charge >= 0.3 is 0 Å². The number of aryl methyl sites for hydroxylation is 1. The minimum Gasteiger partial charge on any atom is -0.387 e. The minimum atomic E-state index is -0.394. The van der Waals surface area contributed by atoms with Crippen molar-refractivity contribution < 1.29 is 5.11 Å². The second-order valence-electron chi connectivity index (χ2n) is 5.55. The van der Waals surface area contributed by atoms with Crippen LogP contribution >= 0.6 is 15.9 Å². The summed E-state index contributed by atoms with van der Waals surface area (Å²) in [5, 5.41) is 15.5. The lowest BCUT2D eigenvalue weighted by atomic mass is 9.85. The molecule has 1 nitrogen and oxygen atoms in total. The Morgan fingerprint density at radius 3 is 2.50 bits per heavy atom. The highest BCUT2D eigenvalue weighted by Crippen LogP contribution is 2.38. The number of halogens is 1. The van der Waals surface area contributed by atoms with Gasteiger partial charge in [0.2, 0.25) is 0 Å². The molecule has 0 spiro atoms. The predicted octanol–water partition coefficient (Wildman–Crippen LogP) is 4.74. The first-order valence-electron chi connectivity index (χ1n) is 7.00. The summed E-state index contributed by atoms with van der Waals surface area (Å²) < 4.78 is 0. The quantitative estimate of drug-likeness (QED) is 0.467. The van der Waals surface area contributed by atoms with E-state index in [0.29, 0.717) is 0 Å². The van der Waals surface area contributed by atoms with Gasteiger partial charge in [0.25, 0.3) is 0 Å². The van der Waals surface area contributed by atoms with Crippen molar-refractivity contribution in [2.45, 2.75) is 23.8 Å². The van der Waals surface area contributed by atoms with E-state index in [1.54, 1.807) is 0 Å². The molecule has 3 aromatic rings. The monoisotopic (exact) mass is 326 g/mol. The summed E-state index contributed by atoms with van der Waals surface area (Å²) in [7, 11) is 0. The number of hydrogen-bond donors (Lipinski definition) is 1. The van der Waals surface area contributed by atoms with E-state index < -0.39 is 6.10 Å². The van der Waals surface area contributed by atoms with Crippen molar-refractivity contribution in [3.05, 3.63) is 59.7 Å². The average Bonchev–Trinajstić information content (AvgIpc) is 2.48. The number of fused-ring (bicyclic) bond motifs is 4. The molecular formula is C18H15BrO. The molecule has 0 unspecified atom stereocenters. The van der Waals surface area contributed by atoms with Crippen LogP contribution in [0.4, 0.5) is 0 Å². The van der Waals surface area contributed by atoms with Crippen molar-refractivity contribution >= 4 is 37.5 Å². The van der Waals surface area contributed by atoms with Gasteiger partial charge in [-0.25, -0.2) is 0 Å². The van der Waals surface area contributed by atoms with Crippen LogP contribution in [0.15, 0.2) is 48.5 Å². The van der Waals surface area contributed by atoms with Crippen molar-refractivity contribution in [1.29, 1.82) is 0 Å². The number of aliphatic hydroxyl groups is 1. The highest BCUT2D eigenvalue weighted by Gasteiger charge is 2.26. The van der Waals surface area contributed by atoms with Crippen LogP contribution in [0.2, 0.25) is 0 Å². The molecule has 0 fully saturated rings. The lowest BCUT2D eigenvalue weighted by Gasteiger charge is -2.27. The van der Waals surface area contributed by atoms with Crippen LogP contribution in [0.5, 0.6) is 0 Å². The standard InChI is InChI=1S/C18H15BrO/c19-17-8-7-14-15(18(17)20)6-5-13-9-11-3-1-2-4-12(11)10-16(13)14/h1-6,9-10,17-18,20H,7-8H2/t17-,18-/m1/s1. The maximum absolute atomic E-state index is 10.4. The zero-order chi connectivity index (χ0) is 13.7. The molecule has 2 heteroatoms. The molecule has 0 heterocycles. The van der Waals surface area contributed by atoms with Crippen LogP contribution in [0, 0.1) is 0 Å². The minimum absolute atomic E-state index is 0.174. The topological polar surface area (TPSA) is 20.2 Å². The van der Waals surface area contributed by atoms with Gasteiger partial charge in [-0.05, 0) is 57.6 Å². The number of rotatable bonds is 0. The normalized spacial score (nSPS) is 22.1. The third-order valence-electron chi connectivity index (χ3n) is 4.37. The van der Waals surface area contributed by atoms with E-state index in [-0.39, 0.29) is 4.83 Å². The first-order valence-corrected chi connectivity index (χ1v) is 7.92. The van der Waals surface area contributed by atoms with Crippen molar-refractivity contribution in [3.63, 3.8) is 0 Å². The number of aliphatic hydroxyl groups excluding tert-OH is 1. The lowest BCUT2D eigenvalue weighted by Crippen LogP contribution is -2.20. The number of hydrogen-bond acceptors (Lipinski definition) is 1. The summed E-state index contributed by atoms with van der Waals surface area (Å²) in [6.07, 6.45) is 1.62. The third kappa shape index (κ3) is 1.79.